The Hall–Kier alpha value is -0.590. The third-order valence-corrected chi connectivity index (χ3v) is 5.20. The summed E-state index contributed by atoms with van der Waals surface area (Å²) in [6.07, 6.45) is 9.85. The Balaban J connectivity index is 2.19. The minimum Gasteiger partial charge on any atom is -0.388 e. The summed E-state index contributed by atoms with van der Waals surface area (Å²) in [6, 6.07) is 2.53. The molecule has 0 amide bonds. The van der Waals surface area contributed by atoms with E-state index in [1.54, 1.807) is 0 Å². The molecule has 1 saturated carbocycles. The van der Waals surface area contributed by atoms with Gasteiger partial charge in [0, 0.05) is 19.4 Å². The molecule has 3 heteroatoms. The van der Waals surface area contributed by atoms with Gasteiger partial charge in [-0.1, -0.05) is 39.0 Å². The van der Waals surface area contributed by atoms with Crippen molar-refractivity contribution in [1.29, 1.82) is 5.26 Å². The monoisotopic (exact) mass is 265 g/mol. The van der Waals surface area contributed by atoms with Crippen LogP contribution < -0.4 is 0 Å². The first kappa shape index (κ1) is 14.8. The van der Waals surface area contributed by atoms with Gasteiger partial charge in [0.25, 0.3) is 0 Å². The van der Waals surface area contributed by atoms with Crippen LogP contribution in [0, 0.1) is 16.7 Å². The lowest BCUT2D eigenvalue weighted by Gasteiger charge is -2.48. The van der Waals surface area contributed by atoms with Crippen LogP contribution in [0.4, 0.5) is 0 Å². The van der Waals surface area contributed by atoms with E-state index in [-0.39, 0.29) is 6.10 Å². The first-order valence-corrected chi connectivity index (χ1v) is 7.91. The van der Waals surface area contributed by atoms with Gasteiger partial charge in [-0.15, -0.1) is 0 Å². The number of nitriles is 1. The minimum absolute atomic E-state index is 0.120. The van der Waals surface area contributed by atoms with Crippen molar-refractivity contribution in [2.24, 2.45) is 5.41 Å². The predicted octanol–water partition coefficient (Wildman–Crippen LogP) is 3.56. The zero-order valence-electron chi connectivity index (χ0n) is 12.2. The lowest BCUT2D eigenvalue weighted by molar-refractivity contribution is -0.157. The summed E-state index contributed by atoms with van der Waals surface area (Å²) in [5, 5.41) is 20.9. The highest BCUT2D eigenvalue weighted by Crippen LogP contribution is 2.48. The largest absolute Gasteiger partial charge is 0.388 e. The summed E-state index contributed by atoms with van der Waals surface area (Å²) in [7, 11) is 0. The lowest BCUT2D eigenvalue weighted by Crippen LogP contribution is -2.53. The highest BCUT2D eigenvalue weighted by molar-refractivity contribution is 5.13. The Kier molecular flexibility index (Phi) is 4.86. The van der Waals surface area contributed by atoms with Gasteiger partial charge in [-0.2, -0.15) is 5.26 Å². The molecule has 0 aromatic rings. The molecule has 19 heavy (non-hydrogen) atoms. The number of aliphatic hydroxyl groups is 1. The summed E-state index contributed by atoms with van der Waals surface area (Å²) in [4.78, 5) is 0. The van der Waals surface area contributed by atoms with Crippen molar-refractivity contribution in [2.45, 2.75) is 82.8 Å². The molecule has 0 spiro atoms. The van der Waals surface area contributed by atoms with Gasteiger partial charge in [-0.05, 0) is 19.3 Å². The van der Waals surface area contributed by atoms with Gasteiger partial charge >= 0.3 is 0 Å². The first-order valence-electron chi connectivity index (χ1n) is 7.91. The van der Waals surface area contributed by atoms with Gasteiger partial charge in [0.1, 0.15) is 0 Å². The normalized spacial score (nSPS) is 35.9. The van der Waals surface area contributed by atoms with Crippen molar-refractivity contribution < 1.29 is 9.84 Å². The van der Waals surface area contributed by atoms with Gasteiger partial charge in [-0.25, -0.2) is 0 Å². The van der Waals surface area contributed by atoms with Crippen molar-refractivity contribution in [1.82, 2.24) is 0 Å². The van der Waals surface area contributed by atoms with Crippen LogP contribution in [0.2, 0.25) is 0 Å². The lowest BCUT2D eigenvalue weighted by atomic mass is 9.62. The highest BCUT2D eigenvalue weighted by Gasteiger charge is 2.52. The second-order valence-electron chi connectivity index (χ2n) is 6.35. The summed E-state index contributed by atoms with van der Waals surface area (Å²) in [5.41, 5.74) is -1.37. The molecule has 1 saturated heterocycles. The molecule has 1 heterocycles. The summed E-state index contributed by atoms with van der Waals surface area (Å²) < 4.78 is 5.69. The maximum absolute atomic E-state index is 11.2. The van der Waals surface area contributed by atoms with Crippen LogP contribution in [0.5, 0.6) is 0 Å². The van der Waals surface area contributed by atoms with Gasteiger partial charge in [-0.3, -0.25) is 0 Å². The molecule has 2 rings (SSSR count). The zero-order valence-corrected chi connectivity index (χ0v) is 12.2. The van der Waals surface area contributed by atoms with E-state index >= 15 is 0 Å². The Labute approximate surface area is 117 Å². The van der Waals surface area contributed by atoms with E-state index in [0.717, 1.165) is 32.1 Å². The zero-order chi connectivity index (χ0) is 13.8. The number of rotatable bonds is 2. The van der Waals surface area contributed by atoms with Gasteiger partial charge < -0.3 is 9.84 Å². The fraction of sp³-hybridized carbons (Fsp3) is 0.938. The van der Waals surface area contributed by atoms with Crippen LogP contribution in [0.3, 0.4) is 0 Å². The molecule has 3 nitrogen and oxygen atoms in total. The van der Waals surface area contributed by atoms with E-state index in [0.29, 0.717) is 19.4 Å². The molecular weight excluding hydrogens is 238 g/mol. The molecule has 2 aliphatic rings. The van der Waals surface area contributed by atoms with E-state index in [1.807, 2.05) is 0 Å². The molecule has 1 aliphatic carbocycles. The average Bonchev–Trinajstić information content (AvgIpc) is 2.39. The van der Waals surface area contributed by atoms with E-state index in [2.05, 4.69) is 13.0 Å². The van der Waals surface area contributed by atoms with Gasteiger partial charge in [0.2, 0.25) is 0 Å². The van der Waals surface area contributed by atoms with E-state index in [4.69, 9.17) is 4.74 Å². The van der Waals surface area contributed by atoms with Gasteiger partial charge in [0.15, 0.2) is 0 Å². The second kappa shape index (κ2) is 6.24. The molecule has 0 aromatic heterocycles. The Morgan fingerprint density at radius 2 is 1.79 bits per heavy atom. The number of hydrogen-bond donors (Lipinski definition) is 1. The molecule has 2 fully saturated rings. The molecule has 1 N–H and O–H groups in total. The molecule has 0 radical (unpaired) electrons. The highest BCUT2D eigenvalue weighted by atomic mass is 16.5. The molecular formula is C16H27NO2. The van der Waals surface area contributed by atoms with Crippen molar-refractivity contribution >= 4 is 0 Å². The number of hydrogen-bond acceptors (Lipinski definition) is 3. The maximum Gasteiger partial charge on any atom is 0.0879 e. The smallest absolute Gasteiger partial charge is 0.0879 e. The minimum atomic E-state index is -0.835. The topological polar surface area (TPSA) is 53.2 Å². The van der Waals surface area contributed by atoms with Crippen molar-refractivity contribution in [3.8, 4) is 6.07 Å². The van der Waals surface area contributed by atoms with Crippen molar-refractivity contribution in [3.63, 3.8) is 0 Å². The molecule has 2 unspecified atom stereocenters. The average molecular weight is 265 g/mol. The number of ether oxygens (including phenoxy) is 1. The van der Waals surface area contributed by atoms with Crippen LogP contribution in [0.25, 0.3) is 0 Å². The van der Waals surface area contributed by atoms with Crippen LogP contribution >= 0.6 is 0 Å². The fourth-order valence-corrected chi connectivity index (χ4v) is 3.82. The van der Waals surface area contributed by atoms with Crippen LogP contribution in [0.1, 0.15) is 71.1 Å². The Bertz CT molecular complexity index is 328. The van der Waals surface area contributed by atoms with Crippen LogP contribution in [0.15, 0.2) is 0 Å². The summed E-state index contributed by atoms with van der Waals surface area (Å²) in [5.74, 6) is 0. The summed E-state index contributed by atoms with van der Waals surface area (Å²) in [6.45, 7) is 2.69. The van der Waals surface area contributed by atoms with E-state index in [9.17, 15) is 10.4 Å². The molecule has 0 bridgehead atoms. The van der Waals surface area contributed by atoms with Gasteiger partial charge in [0.05, 0.1) is 23.2 Å². The maximum atomic E-state index is 11.2. The molecule has 108 valence electrons. The quantitative estimate of drug-likeness (QED) is 0.830. The molecule has 2 atom stereocenters. The fourth-order valence-electron chi connectivity index (χ4n) is 3.82. The molecule has 0 aromatic carbocycles. The van der Waals surface area contributed by atoms with E-state index in [1.165, 1.54) is 19.3 Å². The SMILES string of the molecule is CCC1CC(O)(C2(C#N)CCCCCCC2)CCO1. The number of nitrogens with zero attached hydrogens (tertiary/aromatic N) is 1. The Morgan fingerprint density at radius 1 is 1.16 bits per heavy atom. The summed E-state index contributed by atoms with van der Waals surface area (Å²) >= 11 is 0. The van der Waals surface area contributed by atoms with E-state index < -0.39 is 11.0 Å². The molecule has 1 aliphatic heterocycles. The van der Waals surface area contributed by atoms with Crippen molar-refractivity contribution in [3.05, 3.63) is 0 Å². The van der Waals surface area contributed by atoms with Crippen LogP contribution in [-0.2, 0) is 4.74 Å². The van der Waals surface area contributed by atoms with Crippen molar-refractivity contribution in [2.75, 3.05) is 6.61 Å². The first-order chi connectivity index (χ1) is 9.16. The third-order valence-electron chi connectivity index (χ3n) is 5.20. The standard InChI is InChI=1S/C16H27NO2/c1-2-14-12-16(18,10-11-19-14)15(13-17)8-6-4-3-5-7-9-15/h14,18H,2-12H2,1H3. The van der Waals surface area contributed by atoms with Crippen LogP contribution in [-0.4, -0.2) is 23.4 Å². The Morgan fingerprint density at radius 3 is 2.37 bits per heavy atom. The second-order valence-corrected chi connectivity index (χ2v) is 6.35. The third kappa shape index (κ3) is 2.95. The predicted molar refractivity (Wildman–Crippen MR) is 74.6 cm³/mol.